The van der Waals surface area contributed by atoms with Crippen molar-refractivity contribution in [3.63, 3.8) is 0 Å². The summed E-state index contributed by atoms with van der Waals surface area (Å²) in [6, 6.07) is 14.5. The van der Waals surface area contributed by atoms with Crippen LogP contribution in [0.1, 0.15) is 28.1 Å². The third-order valence-electron chi connectivity index (χ3n) is 5.13. The zero-order valence-corrected chi connectivity index (χ0v) is 22.1. The highest BCUT2D eigenvalue weighted by Gasteiger charge is 2.24. The first-order valence-electron chi connectivity index (χ1n) is 9.74. The van der Waals surface area contributed by atoms with E-state index in [0.29, 0.717) is 10.1 Å². The number of nitrogens with zero attached hydrogens (tertiary/aromatic N) is 2. The van der Waals surface area contributed by atoms with E-state index in [1.165, 1.54) is 15.3 Å². The molecule has 0 atom stereocenters. The molecular formula is C24H21BrIN3OS. The summed E-state index contributed by atoms with van der Waals surface area (Å²) in [7, 11) is 0. The Hall–Kier alpha value is -1.84. The van der Waals surface area contributed by atoms with E-state index >= 15 is 0 Å². The van der Waals surface area contributed by atoms with E-state index < -0.39 is 0 Å². The fourth-order valence-corrected chi connectivity index (χ4v) is 5.26. The van der Waals surface area contributed by atoms with Crippen LogP contribution in [0.2, 0.25) is 0 Å². The molecule has 0 aliphatic carbocycles. The minimum Gasteiger partial charge on any atom is -0.318 e. The Labute approximate surface area is 208 Å². The van der Waals surface area contributed by atoms with E-state index in [4.69, 9.17) is 0 Å². The van der Waals surface area contributed by atoms with Crippen molar-refractivity contribution in [1.82, 2.24) is 9.88 Å². The molecule has 2 aromatic carbocycles. The molecule has 1 aliphatic rings. The van der Waals surface area contributed by atoms with Crippen LogP contribution in [0.4, 0.5) is 5.69 Å². The van der Waals surface area contributed by atoms with E-state index in [1.807, 2.05) is 32.1 Å². The number of carbonyl (C=O) groups is 1. The summed E-state index contributed by atoms with van der Waals surface area (Å²) in [5.74, 6) is -0.117. The third-order valence-corrected chi connectivity index (χ3v) is 7.96. The molecule has 0 unspecified atom stereocenters. The number of aryl methyl sites for hydroxylation is 3. The van der Waals surface area contributed by atoms with Gasteiger partial charge in [-0.1, -0.05) is 22.0 Å². The van der Waals surface area contributed by atoms with Gasteiger partial charge in [0.05, 0.1) is 10.6 Å². The predicted molar refractivity (Wildman–Crippen MR) is 142 cm³/mol. The van der Waals surface area contributed by atoms with Gasteiger partial charge in [0, 0.05) is 25.1 Å². The standard InChI is InChI=1S/C24H21BrIN3OS/c1-13-8-19(9-14(2)22(13)25)27-24-28-23(30)21(31-24)11-17-10-15(3)29(16(17)4)20-7-5-6-18(26)12-20/h5-12H,1-4H3,(H,27,28,30)/b21-11-. The Morgan fingerprint density at radius 2 is 1.81 bits per heavy atom. The number of rotatable bonds is 3. The van der Waals surface area contributed by atoms with Gasteiger partial charge in [0.2, 0.25) is 0 Å². The van der Waals surface area contributed by atoms with Gasteiger partial charge in [-0.2, -0.15) is 0 Å². The molecule has 1 saturated heterocycles. The Kier molecular flexibility index (Phi) is 6.46. The molecule has 4 nitrogen and oxygen atoms in total. The SMILES string of the molecule is Cc1cc(N=C2NC(=O)/C(=C/c3cc(C)n(-c4cccc(I)c4)c3C)S2)cc(C)c1Br. The lowest BCUT2D eigenvalue weighted by molar-refractivity contribution is -0.115. The first-order chi connectivity index (χ1) is 14.7. The zero-order chi connectivity index (χ0) is 22.3. The normalized spacial score (nSPS) is 16.4. The Bertz CT molecular complexity index is 1250. The number of carbonyl (C=O) groups excluding carboxylic acids is 1. The molecule has 3 aromatic rings. The molecule has 1 N–H and O–H groups in total. The number of thioether (sulfide) groups is 1. The first kappa shape index (κ1) is 22.4. The smallest absolute Gasteiger partial charge is 0.264 e. The third kappa shape index (κ3) is 4.68. The van der Waals surface area contributed by atoms with Gasteiger partial charge in [-0.05, 0) is 121 Å². The molecule has 0 spiro atoms. The largest absolute Gasteiger partial charge is 0.318 e. The molecular weight excluding hydrogens is 585 g/mol. The number of hydrogen-bond acceptors (Lipinski definition) is 3. The average molecular weight is 606 g/mol. The van der Waals surface area contributed by atoms with Crippen molar-refractivity contribution in [2.75, 3.05) is 0 Å². The number of amides is 1. The maximum absolute atomic E-state index is 12.6. The highest BCUT2D eigenvalue weighted by Crippen LogP contribution is 2.32. The molecule has 31 heavy (non-hydrogen) atoms. The van der Waals surface area contributed by atoms with Crippen molar-refractivity contribution < 1.29 is 4.79 Å². The minimum absolute atomic E-state index is 0.117. The zero-order valence-electron chi connectivity index (χ0n) is 17.6. The van der Waals surface area contributed by atoms with Crippen LogP contribution in [0, 0.1) is 31.3 Å². The maximum Gasteiger partial charge on any atom is 0.264 e. The highest BCUT2D eigenvalue weighted by atomic mass is 127. The molecule has 0 saturated carbocycles. The summed E-state index contributed by atoms with van der Waals surface area (Å²) in [5, 5.41) is 3.49. The molecule has 1 fully saturated rings. The maximum atomic E-state index is 12.6. The van der Waals surface area contributed by atoms with Crippen molar-refractivity contribution >= 4 is 73.1 Å². The number of hydrogen-bond donors (Lipinski definition) is 1. The van der Waals surface area contributed by atoms with Gasteiger partial charge in [-0.25, -0.2) is 4.99 Å². The minimum atomic E-state index is -0.117. The summed E-state index contributed by atoms with van der Waals surface area (Å²) in [6.45, 7) is 8.24. The first-order valence-corrected chi connectivity index (χ1v) is 12.4. The van der Waals surface area contributed by atoms with Crippen molar-refractivity contribution in [3.05, 3.63) is 83.5 Å². The quantitative estimate of drug-likeness (QED) is 0.259. The summed E-state index contributed by atoms with van der Waals surface area (Å²) in [5.41, 5.74) is 7.46. The van der Waals surface area contributed by atoms with Gasteiger partial charge in [-0.3, -0.25) is 4.79 Å². The van der Waals surface area contributed by atoms with Gasteiger partial charge in [0.25, 0.3) is 5.91 Å². The van der Waals surface area contributed by atoms with Crippen LogP contribution in [-0.4, -0.2) is 15.6 Å². The second-order valence-corrected chi connectivity index (χ2v) is 10.6. The summed E-state index contributed by atoms with van der Waals surface area (Å²) >= 11 is 7.28. The molecule has 0 radical (unpaired) electrons. The van der Waals surface area contributed by atoms with Crippen LogP contribution >= 0.6 is 50.3 Å². The molecule has 158 valence electrons. The molecule has 0 bridgehead atoms. The van der Waals surface area contributed by atoms with Crippen molar-refractivity contribution in [1.29, 1.82) is 0 Å². The van der Waals surface area contributed by atoms with Crippen LogP contribution < -0.4 is 5.32 Å². The lowest BCUT2D eigenvalue weighted by Crippen LogP contribution is -2.19. The van der Waals surface area contributed by atoms with Crippen LogP contribution in [0.3, 0.4) is 0 Å². The second-order valence-electron chi connectivity index (χ2n) is 7.52. The van der Waals surface area contributed by atoms with E-state index in [9.17, 15) is 4.79 Å². The highest BCUT2D eigenvalue weighted by molar-refractivity contribution is 14.1. The molecule has 4 rings (SSSR count). The average Bonchev–Trinajstić information content (AvgIpc) is 3.18. The van der Waals surface area contributed by atoms with Crippen LogP contribution in [0.15, 0.2) is 56.8 Å². The van der Waals surface area contributed by atoms with Crippen molar-refractivity contribution in [2.45, 2.75) is 27.7 Å². The van der Waals surface area contributed by atoms with Gasteiger partial charge >= 0.3 is 0 Å². The number of halogens is 2. The summed E-state index contributed by atoms with van der Waals surface area (Å²) in [4.78, 5) is 17.9. The molecule has 1 amide bonds. The lowest BCUT2D eigenvalue weighted by atomic mass is 10.1. The van der Waals surface area contributed by atoms with Gasteiger partial charge in [0.15, 0.2) is 5.17 Å². The fourth-order valence-electron chi connectivity index (χ4n) is 3.67. The monoisotopic (exact) mass is 605 g/mol. The Morgan fingerprint density at radius 3 is 2.48 bits per heavy atom. The number of aliphatic imine (C=N–C) groups is 1. The number of aromatic nitrogens is 1. The van der Waals surface area contributed by atoms with Crippen LogP contribution in [0.25, 0.3) is 11.8 Å². The molecule has 1 aromatic heterocycles. The Balaban J connectivity index is 1.65. The second kappa shape index (κ2) is 8.96. The van der Waals surface area contributed by atoms with Crippen LogP contribution in [0.5, 0.6) is 0 Å². The Morgan fingerprint density at radius 1 is 1.10 bits per heavy atom. The molecule has 7 heteroatoms. The van der Waals surface area contributed by atoms with E-state index in [2.05, 4.69) is 97.6 Å². The number of amidine groups is 1. The number of nitrogens with one attached hydrogen (secondary N) is 1. The van der Waals surface area contributed by atoms with E-state index in [0.717, 1.165) is 43.9 Å². The fraction of sp³-hybridized carbons (Fsp3) is 0.167. The van der Waals surface area contributed by atoms with Gasteiger partial charge < -0.3 is 9.88 Å². The van der Waals surface area contributed by atoms with E-state index in [-0.39, 0.29) is 5.91 Å². The van der Waals surface area contributed by atoms with Gasteiger partial charge in [-0.15, -0.1) is 0 Å². The predicted octanol–water partition coefficient (Wildman–Crippen LogP) is 6.97. The summed E-state index contributed by atoms with van der Waals surface area (Å²) < 4.78 is 4.49. The van der Waals surface area contributed by atoms with Crippen LogP contribution in [-0.2, 0) is 4.79 Å². The number of benzene rings is 2. The molecule has 2 heterocycles. The summed E-state index contributed by atoms with van der Waals surface area (Å²) in [6.07, 6.45) is 1.95. The van der Waals surface area contributed by atoms with E-state index in [1.54, 1.807) is 0 Å². The lowest BCUT2D eigenvalue weighted by Gasteiger charge is -2.10. The van der Waals surface area contributed by atoms with Gasteiger partial charge in [0.1, 0.15) is 0 Å². The molecule has 1 aliphatic heterocycles. The van der Waals surface area contributed by atoms with Crippen molar-refractivity contribution in [3.8, 4) is 5.69 Å². The van der Waals surface area contributed by atoms with Crippen molar-refractivity contribution in [2.24, 2.45) is 4.99 Å². The topological polar surface area (TPSA) is 46.4 Å².